The van der Waals surface area contributed by atoms with Crippen LogP contribution in [0.5, 0.6) is 0 Å². The van der Waals surface area contributed by atoms with Crippen molar-refractivity contribution in [3.63, 3.8) is 0 Å². The Kier molecular flexibility index (Phi) is 5.73. The molecule has 1 aromatic rings. The van der Waals surface area contributed by atoms with Gasteiger partial charge in [0.25, 0.3) is 5.91 Å². The Labute approximate surface area is 123 Å². The van der Waals surface area contributed by atoms with Gasteiger partial charge in [-0.3, -0.25) is 4.79 Å². The number of rotatable bonds is 4. The van der Waals surface area contributed by atoms with Gasteiger partial charge in [-0.15, -0.1) is 0 Å². The maximum Gasteiger partial charge on any atom is 0.251 e. The minimum Gasteiger partial charge on any atom is -0.378 e. The molecule has 1 heterocycles. The van der Waals surface area contributed by atoms with Gasteiger partial charge in [0.2, 0.25) is 0 Å². The van der Waals surface area contributed by atoms with E-state index in [1.165, 1.54) is 12.1 Å². The molecule has 1 saturated heterocycles. The average molecular weight is 290 g/mol. The van der Waals surface area contributed by atoms with Crippen molar-refractivity contribution in [2.45, 2.75) is 25.4 Å². The highest BCUT2D eigenvalue weighted by Gasteiger charge is 2.15. The lowest BCUT2D eigenvalue weighted by atomic mass is 10.1. The summed E-state index contributed by atoms with van der Waals surface area (Å²) in [6, 6.07) is 4.25. The van der Waals surface area contributed by atoms with Crippen molar-refractivity contribution in [2.75, 3.05) is 19.7 Å². The van der Waals surface area contributed by atoms with Crippen LogP contribution in [0.1, 0.15) is 35.2 Å². The number of ether oxygens (including phenoxy) is 1. The fourth-order valence-electron chi connectivity index (χ4n) is 2.22. The van der Waals surface area contributed by atoms with Crippen LogP contribution in [0.3, 0.4) is 0 Å². The Morgan fingerprint density at radius 3 is 3.05 bits per heavy atom. The van der Waals surface area contributed by atoms with Crippen LogP contribution in [0.25, 0.3) is 0 Å². The molecule has 0 aromatic heterocycles. The lowest BCUT2D eigenvalue weighted by molar-refractivity contribution is 0.0907. The van der Waals surface area contributed by atoms with Gasteiger partial charge in [0.15, 0.2) is 0 Å². The molecule has 4 nitrogen and oxygen atoms in total. The molecule has 1 aliphatic heterocycles. The molecule has 0 bridgehead atoms. The number of amides is 1. The average Bonchev–Trinajstić information content (AvgIpc) is 2.99. The number of nitrogens with two attached hydrogens (primary N) is 1. The second-order valence-corrected chi connectivity index (χ2v) is 4.88. The van der Waals surface area contributed by atoms with E-state index in [2.05, 4.69) is 17.2 Å². The van der Waals surface area contributed by atoms with E-state index in [1.807, 2.05) is 0 Å². The first-order valence-electron chi connectivity index (χ1n) is 7.09. The molecule has 0 saturated carbocycles. The summed E-state index contributed by atoms with van der Waals surface area (Å²) in [5.41, 5.74) is 5.78. The molecule has 112 valence electrons. The van der Waals surface area contributed by atoms with Crippen molar-refractivity contribution < 1.29 is 13.9 Å². The molecule has 1 aliphatic rings. The summed E-state index contributed by atoms with van der Waals surface area (Å²) < 4.78 is 19.2. The quantitative estimate of drug-likeness (QED) is 0.825. The first-order valence-corrected chi connectivity index (χ1v) is 7.09. The van der Waals surface area contributed by atoms with E-state index in [1.54, 1.807) is 6.07 Å². The summed E-state index contributed by atoms with van der Waals surface area (Å²) in [4.78, 5) is 11.9. The van der Waals surface area contributed by atoms with Crippen molar-refractivity contribution in [3.05, 3.63) is 35.1 Å². The molecule has 1 aromatic carbocycles. The molecular formula is C16H19FN2O2. The van der Waals surface area contributed by atoms with Crippen LogP contribution in [-0.2, 0) is 4.74 Å². The summed E-state index contributed by atoms with van der Waals surface area (Å²) >= 11 is 0. The third-order valence-electron chi connectivity index (χ3n) is 3.33. The van der Waals surface area contributed by atoms with Crippen molar-refractivity contribution in [2.24, 2.45) is 5.73 Å². The highest BCUT2D eigenvalue weighted by molar-refractivity contribution is 5.94. The van der Waals surface area contributed by atoms with E-state index in [9.17, 15) is 9.18 Å². The van der Waals surface area contributed by atoms with E-state index in [-0.39, 0.29) is 29.7 Å². The number of hydrogen-bond donors (Lipinski definition) is 2. The molecule has 1 unspecified atom stereocenters. The SMILES string of the molecule is NCC#Cc1ccc(C(=O)NCCC2CCCO2)cc1F. The van der Waals surface area contributed by atoms with Crippen LogP contribution in [0.2, 0.25) is 0 Å². The fraction of sp³-hybridized carbons (Fsp3) is 0.438. The molecule has 2 rings (SSSR count). The largest absolute Gasteiger partial charge is 0.378 e. The van der Waals surface area contributed by atoms with Gasteiger partial charge in [0.05, 0.1) is 18.2 Å². The van der Waals surface area contributed by atoms with Crippen LogP contribution in [0.15, 0.2) is 18.2 Å². The van der Waals surface area contributed by atoms with Crippen LogP contribution in [0.4, 0.5) is 4.39 Å². The lowest BCUT2D eigenvalue weighted by Gasteiger charge is -2.10. The van der Waals surface area contributed by atoms with Gasteiger partial charge in [-0.05, 0) is 37.5 Å². The first kappa shape index (κ1) is 15.5. The van der Waals surface area contributed by atoms with E-state index < -0.39 is 5.82 Å². The smallest absolute Gasteiger partial charge is 0.251 e. The van der Waals surface area contributed by atoms with E-state index in [4.69, 9.17) is 10.5 Å². The molecule has 0 aliphatic carbocycles. The predicted molar refractivity (Wildman–Crippen MR) is 78.3 cm³/mol. The highest BCUT2D eigenvalue weighted by atomic mass is 19.1. The molecule has 3 N–H and O–H groups in total. The van der Waals surface area contributed by atoms with Crippen LogP contribution in [-0.4, -0.2) is 31.7 Å². The molecule has 1 atom stereocenters. The Balaban J connectivity index is 1.88. The molecule has 0 radical (unpaired) electrons. The normalized spacial score (nSPS) is 17.1. The van der Waals surface area contributed by atoms with Gasteiger partial charge in [-0.2, -0.15) is 0 Å². The first-order chi connectivity index (χ1) is 10.2. The van der Waals surface area contributed by atoms with E-state index in [0.29, 0.717) is 6.54 Å². The molecule has 21 heavy (non-hydrogen) atoms. The predicted octanol–water partition coefficient (Wildman–Crippen LogP) is 1.43. The highest BCUT2D eigenvalue weighted by Crippen LogP contribution is 2.14. The second-order valence-electron chi connectivity index (χ2n) is 4.88. The molecule has 1 fully saturated rings. The van der Waals surface area contributed by atoms with Gasteiger partial charge in [0.1, 0.15) is 5.82 Å². The summed E-state index contributed by atoms with van der Waals surface area (Å²) in [5.74, 6) is 4.41. The molecular weight excluding hydrogens is 271 g/mol. The van der Waals surface area contributed by atoms with Gasteiger partial charge in [0, 0.05) is 18.7 Å². The summed E-state index contributed by atoms with van der Waals surface area (Å²) in [7, 11) is 0. The Morgan fingerprint density at radius 2 is 2.38 bits per heavy atom. The molecule has 1 amide bonds. The minimum atomic E-state index is -0.511. The van der Waals surface area contributed by atoms with Crippen LogP contribution in [0, 0.1) is 17.7 Å². The monoisotopic (exact) mass is 290 g/mol. The third-order valence-corrected chi connectivity index (χ3v) is 3.33. The Morgan fingerprint density at radius 1 is 1.52 bits per heavy atom. The van der Waals surface area contributed by atoms with Gasteiger partial charge >= 0.3 is 0 Å². The number of benzene rings is 1. The maximum absolute atomic E-state index is 13.8. The fourth-order valence-corrected chi connectivity index (χ4v) is 2.22. The summed E-state index contributed by atoms with van der Waals surface area (Å²) in [5, 5.41) is 2.77. The van der Waals surface area contributed by atoms with E-state index >= 15 is 0 Å². The lowest BCUT2D eigenvalue weighted by Crippen LogP contribution is -2.27. The Bertz CT molecular complexity index is 557. The number of hydrogen-bond acceptors (Lipinski definition) is 3. The van der Waals surface area contributed by atoms with Crippen molar-refractivity contribution >= 4 is 5.91 Å². The number of carbonyl (C=O) groups is 1. The van der Waals surface area contributed by atoms with Gasteiger partial charge in [-0.25, -0.2) is 4.39 Å². The van der Waals surface area contributed by atoms with E-state index in [0.717, 1.165) is 25.9 Å². The van der Waals surface area contributed by atoms with Gasteiger partial charge < -0.3 is 15.8 Å². The third kappa shape index (κ3) is 4.55. The second kappa shape index (κ2) is 7.77. The van der Waals surface area contributed by atoms with Crippen LogP contribution >= 0.6 is 0 Å². The van der Waals surface area contributed by atoms with Crippen molar-refractivity contribution in [3.8, 4) is 11.8 Å². The molecule has 5 heteroatoms. The van der Waals surface area contributed by atoms with Crippen molar-refractivity contribution in [1.82, 2.24) is 5.32 Å². The maximum atomic E-state index is 13.8. The zero-order valence-electron chi connectivity index (χ0n) is 11.8. The topological polar surface area (TPSA) is 64.4 Å². The standard InChI is InChI=1S/C16H19FN2O2/c17-15-11-13(6-5-12(15)3-1-8-18)16(20)19-9-7-14-4-2-10-21-14/h5-6,11,14H,2,4,7-10,18H2,(H,19,20). The minimum absolute atomic E-state index is 0.172. The summed E-state index contributed by atoms with van der Waals surface area (Å²) in [6.07, 6.45) is 3.14. The number of halogens is 1. The zero-order valence-corrected chi connectivity index (χ0v) is 11.8. The van der Waals surface area contributed by atoms with Crippen LogP contribution < -0.4 is 11.1 Å². The number of nitrogens with one attached hydrogen (secondary N) is 1. The Hall–Kier alpha value is -1.90. The van der Waals surface area contributed by atoms with Crippen molar-refractivity contribution in [1.29, 1.82) is 0 Å². The molecule has 0 spiro atoms. The van der Waals surface area contributed by atoms with Gasteiger partial charge in [-0.1, -0.05) is 11.8 Å². The summed E-state index contributed by atoms with van der Waals surface area (Å²) in [6.45, 7) is 1.50. The zero-order chi connectivity index (χ0) is 15.1. The number of carbonyl (C=O) groups excluding carboxylic acids is 1.